The van der Waals surface area contributed by atoms with Crippen molar-refractivity contribution in [2.24, 2.45) is 0 Å². The lowest BCUT2D eigenvalue weighted by Crippen LogP contribution is -2.47. The van der Waals surface area contributed by atoms with Crippen molar-refractivity contribution in [3.8, 4) is 0 Å². The number of carbonyl (C=O) groups excluding carboxylic acids is 2. The second kappa shape index (κ2) is 15.5. The Hall–Kier alpha value is -4.01. The Bertz CT molecular complexity index is 1440. The van der Waals surface area contributed by atoms with Crippen LogP contribution in [0.1, 0.15) is 85.2 Å². The zero-order chi connectivity index (χ0) is 29.9. The van der Waals surface area contributed by atoms with Crippen molar-refractivity contribution in [2.75, 3.05) is 6.54 Å². The number of hydrogen-bond donors (Lipinski definition) is 5. The van der Waals surface area contributed by atoms with E-state index in [-0.39, 0.29) is 17.9 Å². The standard InChI is InChI=1S/C35H44N6O2/c1-25(30-14-7-10-27-9-5-6-13-31(27)30)40-35(43)32(15-8-20-37-29-11-3-2-4-12-29)41-34(42)28-18-16-26(17-19-28)23-36-24-33-38-21-22-39-33/h5-7,9-10,13-14,16-19,21-22,25,29,32,36-37H,2-4,8,11-12,15,20,23-24H2,1H3,(H,38,39)(H,40,43)(H,41,42)/t25?,32-/m0/s1. The van der Waals surface area contributed by atoms with E-state index in [2.05, 4.69) is 55.5 Å². The van der Waals surface area contributed by atoms with Gasteiger partial charge in [-0.3, -0.25) is 9.59 Å². The van der Waals surface area contributed by atoms with E-state index in [0.29, 0.717) is 31.1 Å². The quantitative estimate of drug-likeness (QED) is 0.126. The van der Waals surface area contributed by atoms with Gasteiger partial charge in [0, 0.05) is 30.5 Å². The normalized spacial score (nSPS) is 15.2. The summed E-state index contributed by atoms with van der Waals surface area (Å²) in [6, 6.07) is 21.6. The van der Waals surface area contributed by atoms with Gasteiger partial charge in [-0.15, -0.1) is 0 Å². The Morgan fingerprint density at radius 1 is 0.930 bits per heavy atom. The molecule has 5 rings (SSSR count). The predicted octanol–water partition coefficient (Wildman–Crippen LogP) is 5.53. The van der Waals surface area contributed by atoms with E-state index in [9.17, 15) is 9.59 Å². The number of H-pyrrole nitrogens is 1. The summed E-state index contributed by atoms with van der Waals surface area (Å²) in [4.78, 5) is 34.2. The molecule has 8 heteroatoms. The molecular formula is C35H44N6O2. The molecule has 1 saturated carbocycles. The minimum atomic E-state index is -0.632. The number of carbonyl (C=O) groups is 2. The number of imidazole rings is 1. The molecule has 1 aliphatic carbocycles. The van der Waals surface area contributed by atoms with Crippen LogP contribution in [0.25, 0.3) is 10.8 Å². The average Bonchev–Trinajstić information content (AvgIpc) is 3.56. The van der Waals surface area contributed by atoms with Crippen LogP contribution < -0.4 is 21.3 Å². The number of aromatic nitrogens is 2. The van der Waals surface area contributed by atoms with Gasteiger partial charge in [0.1, 0.15) is 11.9 Å². The molecule has 0 saturated heterocycles. The third-order valence-corrected chi connectivity index (χ3v) is 8.37. The molecule has 1 aromatic heterocycles. The van der Waals surface area contributed by atoms with Crippen molar-refractivity contribution in [3.63, 3.8) is 0 Å². The summed E-state index contributed by atoms with van der Waals surface area (Å²) >= 11 is 0. The molecule has 1 unspecified atom stereocenters. The first-order valence-corrected chi connectivity index (χ1v) is 15.7. The van der Waals surface area contributed by atoms with E-state index < -0.39 is 6.04 Å². The minimum absolute atomic E-state index is 0.162. The summed E-state index contributed by atoms with van der Waals surface area (Å²) < 4.78 is 0. The summed E-state index contributed by atoms with van der Waals surface area (Å²) in [6.07, 6.45) is 11.2. The van der Waals surface area contributed by atoms with E-state index in [1.165, 1.54) is 32.1 Å². The van der Waals surface area contributed by atoms with Crippen LogP contribution in [0, 0.1) is 0 Å². The summed E-state index contributed by atoms with van der Waals surface area (Å²) in [7, 11) is 0. The number of amides is 2. The number of fused-ring (bicyclic) bond motifs is 1. The molecule has 0 bridgehead atoms. The first-order valence-electron chi connectivity index (χ1n) is 15.7. The van der Waals surface area contributed by atoms with Crippen LogP contribution in [0.3, 0.4) is 0 Å². The number of rotatable bonds is 14. The number of benzene rings is 3. The summed E-state index contributed by atoms with van der Waals surface area (Å²) in [5, 5.41) is 15.5. The van der Waals surface area contributed by atoms with Crippen LogP contribution in [0.5, 0.6) is 0 Å². The third-order valence-electron chi connectivity index (χ3n) is 8.37. The maximum atomic E-state index is 13.6. The predicted molar refractivity (Wildman–Crippen MR) is 171 cm³/mol. The van der Waals surface area contributed by atoms with Crippen molar-refractivity contribution < 1.29 is 9.59 Å². The molecular weight excluding hydrogens is 536 g/mol. The fourth-order valence-electron chi connectivity index (χ4n) is 5.94. The van der Waals surface area contributed by atoms with Gasteiger partial charge in [-0.2, -0.15) is 0 Å². The molecule has 2 atom stereocenters. The highest BCUT2D eigenvalue weighted by Gasteiger charge is 2.24. The Morgan fingerprint density at radius 2 is 1.72 bits per heavy atom. The van der Waals surface area contributed by atoms with Gasteiger partial charge in [0.25, 0.3) is 5.91 Å². The van der Waals surface area contributed by atoms with Crippen LogP contribution in [-0.2, 0) is 17.9 Å². The highest BCUT2D eigenvalue weighted by molar-refractivity contribution is 5.97. The lowest BCUT2D eigenvalue weighted by Gasteiger charge is -2.24. The number of aromatic amines is 1. The van der Waals surface area contributed by atoms with Crippen LogP contribution >= 0.6 is 0 Å². The molecule has 43 heavy (non-hydrogen) atoms. The second-order valence-corrected chi connectivity index (χ2v) is 11.6. The van der Waals surface area contributed by atoms with E-state index in [4.69, 9.17) is 0 Å². The molecule has 1 aliphatic rings. The molecule has 0 radical (unpaired) electrons. The lowest BCUT2D eigenvalue weighted by atomic mass is 9.95. The van der Waals surface area contributed by atoms with Gasteiger partial charge < -0.3 is 26.3 Å². The molecule has 226 valence electrons. The van der Waals surface area contributed by atoms with Crippen LogP contribution in [0.2, 0.25) is 0 Å². The molecule has 2 amide bonds. The zero-order valence-electron chi connectivity index (χ0n) is 25.1. The number of nitrogens with one attached hydrogen (secondary N) is 5. The van der Waals surface area contributed by atoms with Crippen molar-refractivity contribution >= 4 is 22.6 Å². The van der Waals surface area contributed by atoms with E-state index in [1.54, 1.807) is 12.4 Å². The van der Waals surface area contributed by atoms with Crippen molar-refractivity contribution in [2.45, 2.75) is 83.1 Å². The fraction of sp³-hybridized carbons (Fsp3) is 0.400. The van der Waals surface area contributed by atoms with Crippen LogP contribution in [-0.4, -0.2) is 40.4 Å². The highest BCUT2D eigenvalue weighted by Crippen LogP contribution is 2.24. The second-order valence-electron chi connectivity index (χ2n) is 11.6. The largest absolute Gasteiger partial charge is 0.348 e. The molecule has 0 aliphatic heterocycles. The van der Waals surface area contributed by atoms with Gasteiger partial charge in [0.2, 0.25) is 5.91 Å². The average molecular weight is 581 g/mol. The Morgan fingerprint density at radius 3 is 2.51 bits per heavy atom. The smallest absolute Gasteiger partial charge is 0.251 e. The van der Waals surface area contributed by atoms with Crippen LogP contribution in [0.15, 0.2) is 79.1 Å². The van der Waals surface area contributed by atoms with E-state index in [0.717, 1.165) is 40.7 Å². The Labute approximate surface area is 254 Å². The summed E-state index contributed by atoms with van der Waals surface area (Å²) in [5.74, 6) is 0.475. The maximum Gasteiger partial charge on any atom is 0.251 e. The SMILES string of the molecule is CC(NC(=O)[C@H](CCCNC1CCCCC1)NC(=O)c1ccc(CNCc2ncc[nH]2)cc1)c1cccc2ccccc12. The Balaban J connectivity index is 1.20. The van der Waals surface area contributed by atoms with Gasteiger partial charge in [0.05, 0.1) is 12.6 Å². The van der Waals surface area contributed by atoms with Crippen molar-refractivity contribution in [1.29, 1.82) is 0 Å². The first kappa shape index (κ1) is 30.4. The van der Waals surface area contributed by atoms with Gasteiger partial charge >= 0.3 is 0 Å². The highest BCUT2D eigenvalue weighted by atomic mass is 16.2. The van der Waals surface area contributed by atoms with Crippen molar-refractivity contribution in [3.05, 3.63) is 102 Å². The topological polar surface area (TPSA) is 111 Å². The summed E-state index contributed by atoms with van der Waals surface area (Å²) in [5.41, 5.74) is 2.66. The van der Waals surface area contributed by atoms with Gasteiger partial charge in [-0.05, 0) is 73.2 Å². The number of nitrogens with zero attached hydrogens (tertiary/aromatic N) is 1. The summed E-state index contributed by atoms with van der Waals surface area (Å²) in [6.45, 7) is 4.14. The molecule has 4 aromatic rings. The van der Waals surface area contributed by atoms with E-state index >= 15 is 0 Å². The number of hydrogen-bond acceptors (Lipinski definition) is 5. The molecule has 5 N–H and O–H groups in total. The van der Waals surface area contributed by atoms with Crippen LogP contribution in [0.4, 0.5) is 0 Å². The molecule has 1 fully saturated rings. The minimum Gasteiger partial charge on any atom is -0.348 e. The monoisotopic (exact) mass is 580 g/mol. The fourth-order valence-corrected chi connectivity index (χ4v) is 5.94. The maximum absolute atomic E-state index is 13.6. The van der Waals surface area contributed by atoms with Crippen molar-refractivity contribution in [1.82, 2.24) is 31.2 Å². The van der Waals surface area contributed by atoms with E-state index in [1.807, 2.05) is 49.4 Å². The Kier molecular flexibility index (Phi) is 10.9. The van der Waals surface area contributed by atoms with Gasteiger partial charge in [-0.25, -0.2) is 4.98 Å². The lowest BCUT2D eigenvalue weighted by molar-refractivity contribution is -0.123. The molecule has 1 heterocycles. The third kappa shape index (κ3) is 8.75. The molecule has 8 nitrogen and oxygen atoms in total. The van der Waals surface area contributed by atoms with Gasteiger partial charge in [-0.1, -0.05) is 73.9 Å². The van der Waals surface area contributed by atoms with Gasteiger partial charge in [0.15, 0.2) is 0 Å². The molecule has 3 aromatic carbocycles. The first-order chi connectivity index (χ1) is 21.1. The molecule has 0 spiro atoms. The zero-order valence-corrected chi connectivity index (χ0v) is 25.1.